The number of aliphatic hydroxyl groups is 1. The van der Waals surface area contributed by atoms with Gasteiger partial charge in [-0.1, -0.05) is 6.07 Å². The van der Waals surface area contributed by atoms with Crippen molar-refractivity contribution >= 4 is 5.97 Å². The summed E-state index contributed by atoms with van der Waals surface area (Å²) in [7, 11) is 2.89. The number of aliphatic hydroxyl groups excluding tert-OH is 1. The second-order valence-electron chi connectivity index (χ2n) is 4.97. The molecule has 1 fully saturated rings. The van der Waals surface area contributed by atoms with Crippen LogP contribution in [0.2, 0.25) is 0 Å². The maximum atomic E-state index is 11.7. The van der Waals surface area contributed by atoms with Crippen LogP contribution < -0.4 is 14.8 Å². The minimum absolute atomic E-state index is 0.0648. The Morgan fingerprint density at radius 2 is 2.14 bits per heavy atom. The normalized spacial score (nSPS) is 15.4. The van der Waals surface area contributed by atoms with E-state index in [-0.39, 0.29) is 19.2 Å². The zero-order chi connectivity index (χ0) is 15.2. The summed E-state index contributed by atoms with van der Waals surface area (Å²) < 4.78 is 15.7. The molecule has 116 valence electrons. The molecule has 0 spiro atoms. The van der Waals surface area contributed by atoms with E-state index in [1.165, 1.54) is 14.2 Å². The molecule has 0 radical (unpaired) electrons. The predicted molar refractivity (Wildman–Crippen MR) is 76.4 cm³/mol. The van der Waals surface area contributed by atoms with Gasteiger partial charge in [0, 0.05) is 6.04 Å². The van der Waals surface area contributed by atoms with Crippen molar-refractivity contribution in [1.29, 1.82) is 0 Å². The van der Waals surface area contributed by atoms with E-state index >= 15 is 0 Å². The second-order valence-corrected chi connectivity index (χ2v) is 4.97. The van der Waals surface area contributed by atoms with E-state index < -0.39 is 6.04 Å². The van der Waals surface area contributed by atoms with Crippen molar-refractivity contribution < 1.29 is 24.1 Å². The van der Waals surface area contributed by atoms with E-state index in [0.717, 1.165) is 18.4 Å². The first kappa shape index (κ1) is 15.6. The third-order valence-electron chi connectivity index (χ3n) is 3.32. The van der Waals surface area contributed by atoms with Gasteiger partial charge in [0.1, 0.15) is 12.6 Å². The molecule has 6 heteroatoms. The summed E-state index contributed by atoms with van der Waals surface area (Å²) >= 11 is 0. The number of esters is 1. The highest BCUT2D eigenvalue weighted by Gasteiger charge is 2.29. The fourth-order valence-electron chi connectivity index (χ4n) is 1.96. The van der Waals surface area contributed by atoms with Gasteiger partial charge < -0.3 is 19.3 Å². The first-order valence-electron chi connectivity index (χ1n) is 6.92. The minimum atomic E-state index is -0.496. The third kappa shape index (κ3) is 4.34. The molecule has 0 bridgehead atoms. The molecule has 6 nitrogen and oxygen atoms in total. The summed E-state index contributed by atoms with van der Waals surface area (Å²) in [5, 5.41) is 12.3. The van der Waals surface area contributed by atoms with Crippen molar-refractivity contribution in [1.82, 2.24) is 5.32 Å². The van der Waals surface area contributed by atoms with Crippen LogP contribution in [-0.2, 0) is 16.1 Å². The van der Waals surface area contributed by atoms with Gasteiger partial charge in [-0.25, -0.2) is 0 Å². The lowest BCUT2D eigenvalue weighted by atomic mass is 10.2. The molecule has 1 aliphatic rings. The van der Waals surface area contributed by atoms with Crippen LogP contribution in [0.25, 0.3) is 0 Å². The van der Waals surface area contributed by atoms with E-state index in [0.29, 0.717) is 17.5 Å². The third-order valence-corrected chi connectivity index (χ3v) is 3.32. The highest BCUT2D eigenvalue weighted by atomic mass is 16.5. The van der Waals surface area contributed by atoms with Crippen molar-refractivity contribution in [3.8, 4) is 11.5 Å². The number of rotatable bonds is 8. The van der Waals surface area contributed by atoms with Gasteiger partial charge >= 0.3 is 5.97 Å². The van der Waals surface area contributed by atoms with Gasteiger partial charge in [0.2, 0.25) is 0 Å². The molecule has 0 aliphatic heterocycles. The van der Waals surface area contributed by atoms with Gasteiger partial charge in [-0.3, -0.25) is 10.1 Å². The van der Waals surface area contributed by atoms with Gasteiger partial charge in [-0.05, 0) is 30.5 Å². The van der Waals surface area contributed by atoms with Crippen LogP contribution >= 0.6 is 0 Å². The molecule has 0 saturated heterocycles. The van der Waals surface area contributed by atoms with Gasteiger partial charge in [-0.15, -0.1) is 0 Å². The van der Waals surface area contributed by atoms with Crippen LogP contribution in [0.5, 0.6) is 11.5 Å². The average Bonchev–Trinajstić information content (AvgIpc) is 3.34. The van der Waals surface area contributed by atoms with E-state index in [1.807, 2.05) is 0 Å². The Morgan fingerprint density at radius 1 is 1.38 bits per heavy atom. The molecule has 2 rings (SSSR count). The molecule has 2 N–H and O–H groups in total. The van der Waals surface area contributed by atoms with Gasteiger partial charge in [0.25, 0.3) is 0 Å². The van der Waals surface area contributed by atoms with E-state index in [2.05, 4.69) is 5.32 Å². The first-order chi connectivity index (χ1) is 10.2. The lowest BCUT2D eigenvalue weighted by molar-refractivity contribution is -0.144. The Kier molecular flexibility index (Phi) is 5.41. The molecule has 1 aromatic rings. The van der Waals surface area contributed by atoms with E-state index in [1.54, 1.807) is 18.2 Å². The molecule has 1 aliphatic carbocycles. The summed E-state index contributed by atoms with van der Waals surface area (Å²) in [6.45, 7) is 0.0999. The fraction of sp³-hybridized carbons (Fsp3) is 0.533. The number of methoxy groups -OCH3 is 2. The lowest BCUT2D eigenvalue weighted by Crippen LogP contribution is -2.43. The molecule has 1 atom stereocenters. The number of hydrogen-bond donors (Lipinski definition) is 2. The Hall–Kier alpha value is -1.79. The van der Waals surface area contributed by atoms with Crippen LogP contribution in [0.1, 0.15) is 18.4 Å². The monoisotopic (exact) mass is 295 g/mol. The van der Waals surface area contributed by atoms with Crippen molar-refractivity contribution in [3.63, 3.8) is 0 Å². The van der Waals surface area contributed by atoms with Crippen molar-refractivity contribution in [2.45, 2.75) is 31.5 Å². The molecule has 0 aromatic heterocycles. The standard InChI is InChI=1S/C15H21NO5/c1-19-14-7-10(8-17)3-6-13(14)21-9-12(15(18)20-2)16-11-4-5-11/h3,6-7,11-12,16-17H,4-5,8-9H2,1-2H3. The second kappa shape index (κ2) is 7.28. The number of hydrogen-bond acceptors (Lipinski definition) is 6. The zero-order valence-corrected chi connectivity index (χ0v) is 12.3. The van der Waals surface area contributed by atoms with Crippen LogP contribution in [0.15, 0.2) is 18.2 Å². The first-order valence-corrected chi connectivity index (χ1v) is 6.92. The van der Waals surface area contributed by atoms with E-state index in [4.69, 9.17) is 19.3 Å². The Balaban J connectivity index is 2.00. The summed E-state index contributed by atoms with van der Waals surface area (Å²) in [6, 6.07) is 5.05. The van der Waals surface area contributed by atoms with Crippen molar-refractivity contribution in [2.24, 2.45) is 0 Å². The topological polar surface area (TPSA) is 77.0 Å². The van der Waals surface area contributed by atoms with Gasteiger partial charge in [0.15, 0.2) is 11.5 Å². The highest BCUT2D eigenvalue weighted by Crippen LogP contribution is 2.28. The summed E-state index contributed by atoms with van der Waals surface area (Å²) in [5.74, 6) is 0.714. The number of carbonyl (C=O) groups excluding carboxylic acids is 1. The predicted octanol–water partition coefficient (Wildman–Crippen LogP) is 0.860. The molecular weight excluding hydrogens is 274 g/mol. The van der Waals surface area contributed by atoms with Gasteiger partial charge in [-0.2, -0.15) is 0 Å². The largest absolute Gasteiger partial charge is 0.493 e. The summed E-state index contributed by atoms with van der Waals surface area (Å²) in [6.07, 6.45) is 2.14. The van der Waals surface area contributed by atoms with E-state index in [9.17, 15) is 4.79 Å². The van der Waals surface area contributed by atoms with Crippen molar-refractivity contribution in [2.75, 3.05) is 20.8 Å². The maximum absolute atomic E-state index is 11.7. The lowest BCUT2D eigenvalue weighted by Gasteiger charge is -2.18. The van der Waals surface area contributed by atoms with Crippen LogP contribution in [0, 0.1) is 0 Å². The average molecular weight is 295 g/mol. The molecular formula is C15H21NO5. The number of benzene rings is 1. The molecule has 1 unspecified atom stereocenters. The Bertz CT molecular complexity index is 487. The molecule has 1 aromatic carbocycles. The Labute approximate surface area is 124 Å². The quantitative estimate of drug-likeness (QED) is 0.693. The fourth-order valence-corrected chi connectivity index (χ4v) is 1.96. The van der Waals surface area contributed by atoms with Crippen molar-refractivity contribution in [3.05, 3.63) is 23.8 Å². The number of carbonyl (C=O) groups is 1. The summed E-state index contributed by atoms with van der Waals surface area (Å²) in [4.78, 5) is 11.7. The van der Waals surface area contributed by atoms with Crippen LogP contribution in [-0.4, -0.2) is 44.0 Å². The SMILES string of the molecule is COC(=O)C(COc1ccc(CO)cc1OC)NC1CC1. The smallest absolute Gasteiger partial charge is 0.326 e. The Morgan fingerprint density at radius 3 is 2.71 bits per heavy atom. The van der Waals surface area contributed by atoms with Gasteiger partial charge in [0.05, 0.1) is 20.8 Å². The number of ether oxygens (including phenoxy) is 3. The minimum Gasteiger partial charge on any atom is -0.493 e. The van der Waals surface area contributed by atoms with Crippen LogP contribution in [0.4, 0.5) is 0 Å². The molecule has 0 heterocycles. The zero-order valence-electron chi connectivity index (χ0n) is 12.3. The maximum Gasteiger partial charge on any atom is 0.326 e. The molecule has 0 amide bonds. The molecule has 1 saturated carbocycles. The highest BCUT2D eigenvalue weighted by molar-refractivity contribution is 5.76. The summed E-state index contributed by atoms with van der Waals surface area (Å²) in [5.41, 5.74) is 0.736. The van der Waals surface area contributed by atoms with Crippen LogP contribution in [0.3, 0.4) is 0 Å². The number of nitrogens with one attached hydrogen (secondary N) is 1. The molecule has 21 heavy (non-hydrogen) atoms.